The van der Waals surface area contributed by atoms with E-state index in [1.807, 2.05) is 0 Å². The molecule has 0 spiro atoms. The van der Waals surface area contributed by atoms with Crippen molar-refractivity contribution in [1.29, 1.82) is 0 Å². The van der Waals surface area contributed by atoms with Crippen LogP contribution in [0.1, 0.15) is 15.9 Å². The molecule has 7 heteroatoms. The zero-order valence-electron chi connectivity index (χ0n) is 11.9. The number of ether oxygens (including phenoxy) is 1. The lowest BCUT2D eigenvalue weighted by Crippen LogP contribution is -2.31. The van der Waals surface area contributed by atoms with Gasteiger partial charge in [-0.05, 0) is 41.4 Å². The molecule has 0 radical (unpaired) electrons. The molecular formula is C15H15BFNO4. The van der Waals surface area contributed by atoms with Gasteiger partial charge in [-0.15, -0.1) is 0 Å². The molecule has 0 heterocycles. The first-order chi connectivity index (χ1) is 10.5. The van der Waals surface area contributed by atoms with E-state index in [4.69, 9.17) is 14.8 Å². The Bertz CT molecular complexity index is 661. The van der Waals surface area contributed by atoms with Crippen molar-refractivity contribution in [1.82, 2.24) is 0 Å². The number of halogens is 1. The lowest BCUT2D eigenvalue weighted by Gasteiger charge is -2.08. The molecule has 5 nitrogen and oxygen atoms in total. The van der Waals surface area contributed by atoms with Crippen LogP contribution in [-0.2, 0) is 11.3 Å². The first-order valence-corrected chi connectivity index (χ1v) is 6.55. The third kappa shape index (κ3) is 4.14. The van der Waals surface area contributed by atoms with Gasteiger partial charge in [0.05, 0.1) is 6.61 Å². The van der Waals surface area contributed by atoms with E-state index in [-0.39, 0.29) is 11.0 Å². The smallest absolute Gasteiger partial charge is 0.423 e. The molecule has 0 aromatic heterocycles. The molecule has 0 saturated carbocycles. The van der Waals surface area contributed by atoms with Gasteiger partial charge < -0.3 is 20.1 Å². The Morgan fingerprint density at radius 2 is 1.91 bits per heavy atom. The Balaban J connectivity index is 2.15. The summed E-state index contributed by atoms with van der Waals surface area (Å²) in [4.78, 5) is 12.1. The Morgan fingerprint density at radius 3 is 2.50 bits per heavy atom. The minimum atomic E-state index is -1.84. The minimum Gasteiger partial charge on any atom is -0.423 e. The first kappa shape index (κ1) is 16.2. The lowest BCUT2D eigenvalue weighted by atomic mass is 9.79. The average Bonchev–Trinajstić information content (AvgIpc) is 2.49. The van der Waals surface area contributed by atoms with Gasteiger partial charge in [0.15, 0.2) is 0 Å². The van der Waals surface area contributed by atoms with Crippen LogP contribution in [-0.4, -0.2) is 30.2 Å². The van der Waals surface area contributed by atoms with E-state index in [9.17, 15) is 9.18 Å². The summed E-state index contributed by atoms with van der Waals surface area (Å²) in [5.74, 6) is -1.26. The minimum absolute atomic E-state index is 0.00377. The molecule has 0 aliphatic carbocycles. The van der Waals surface area contributed by atoms with Crippen molar-refractivity contribution in [2.75, 3.05) is 12.4 Å². The fourth-order valence-corrected chi connectivity index (χ4v) is 1.95. The molecule has 2 rings (SSSR count). The highest BCUT2D eigenvalue weighted by Crippen LogP contribution is 2.12. The van der Waals surface area contributed by atoms with Crippen LogP contribution in [0.5, 0.6) is 0 Å². The number of hydrogen-bond acceptors (Lipinski definition) is 4. The Morgan fingerprint density at radius 1 is 1.23 bits per heavy atom. The molecule has 1 amide bonds. The second-order valence-corrected chi connectivity index (χ2v) is 4.73. The summed E-state index contributed by atoms with van der Waals surface area (Å²) in [6.45, 7) is 0.468. The summed E-state index contributed by atoms with van der Waals surface area (Å²) in [7, 11) is -0.247. The summed E-state index contributed by atoms with van der Waals surface area (Å²) in [6, 6.07) is 10.2. The van der Waals surface area contributed by atoms with Crippen molar-refractivity contribution in [3.63, 3.8) is 0 Å². The maximum atomic E-state index is 13.4. The SMILES string of the molecule is COCc1ccc(NC(=O)c2cc(F)cc(B(O)O)c2)cc1. The number of anilines is 1. The molecule has 0 unspecified atom stereocenters. The summed E-state index contributed by atoms with van der Waals surface area (Å²) in [6.07, 6.45) is 0. The number of carbonyl (C=O) groups excluding carboxylic acids is 1. The molecular weight excluding hydrogens is 288 g/mol. The zero-order valence-corrected chi connectivity index (χ0v) is 11.9. The average molecular weight is 303 g/mol. The highest BCUT2D eigenvalue weighted by atomic mass is 19.1. The van der Waals surface area contributed by atoms with Crippen LogP contribution in [0.15, 0.2) is 42.5 Å². The quantitative estimate of drug-likeness (QED) is 0.717. The van der Waals surface area contributed by atoms with E-state index >= 15 is 0 Å². The second-order valence-electron chi connectivity index (χ2n) is 4.73. The van der Waals surface area contributed by atoms with E-state index < -0.39 is 18.8 Å². The summed E-state index contributed by atoms with van der Waals surface area (Å²) in [5.41, 5.74) is 1.42. The largest absolute Gasteiger partial charge is 0.488 e. The molecule has 0 bridgehead atoms. The highest BCUT2D eigenvalue weighted by Gasteiger charge is 2.16. The summed E-state index contributed by atoms with van der Waals surface area (Å²) >= 11 is 0. The molecule has 0 aliphatic heterocycles. The molecule has 0 fully saturated rings. The topological polar surface area (TPSA) is 78.8 Å². The van der Waals surface area contributed by atoms with Gasteiger partial charge in [0, 0.05) is 18.4 Å². The van der Waals surface area contributed by atoms with Crippen molar-refractivity contribution in [2.24, 2.45) is 0 Å². The predicted octanol–water partition coefficient (Wildman–Crippen LogP) is 0.904. The maximum absolute atomic E-state index is 13.4. The number of benzene rings is 2. The molecule has 0 saturated heterocycles. The van der Waals surface area contributed by atoms with Crippen LogP contribution in [0.2, 0.25) is 0 Å². The van der Waals surface area contributed by atoms with Gasteiger partial charge in [-0.2, -0.15) is 0 Å². The number of nitrogens with one attached hydrogen (secondary N) is 1. The highest BCUT2D eigenvalue weighted by molar-refractivity contribution is 6.58. The molecule has 114 valence electrons. The molecule has 22 heavy (non-hydrogen) atoms. The van der Waals surface area contributed by atoms with Gasteiger partial charge >= 0.3 is 7.12 Å². The Hall–Kier alpha value is -2.22. The van der Waals surface area contributed by atoms with Gasteiger partial charge in [-0.3, -0.25) is 4.79 Å². The molecule has 0 aliphatic rings. The first-order valence-electron chi connectivity index (χ1n) is 6.55. The van der Waals surface area contributed by atoms with Crippen molar-refractivity contribution in [2.45, 2.75) is 6.61 Å². The van der Waals surface area contributed by atoms with Gasteiger partial charge in [-0.25, -0.2) is 4.39 Å². The predicted molar refractivity (Wildman–Crippen MR) is 81.3 cm³/mol. The van der Waals surface area contributed by atoms with Crippen molar-refractivity contribution < 1.29 is 24.0 Å². The van der Waals surface area contributed by atoms with Crippen molar-refractivity contribution >= 4 is 24.2 Å². The Kier molecular flexibility index (Phi) is 5.27. The van der Waals surface area contributed by atoms with Crippen LogP contribution in [0.3, 0.4) is 0 Å². The summed E-state index contributed by atoms with van der Waals surface area (Å²) < 4.78 is 18.4. The standard InChI is InChI=1S/C15H15BFNO4/c1-22-9-10-2-4-14(5-3-10)18-15(19)11-6-12(16(20)21)8-13(17)7-11/h2-8,20-21H,9H2,1H3,(H,18,19). The van der Waals surface area contributed by atoms with Gasteiger partial charge in [-0.1, -0.05) is 12.1 Å². The normalized spacial score (nSPS) is 10.4. The monoisotopic (exact) mass is 303 g/mol. The third-order valence-corrected chi connectivity index (χ3v) is 3.00. The van der Waals surface area contributed by atoms with E-state index in [1.165, 1.54) is 6.07 Å². The molecule has 2 aromatic carbocycles. The fourth-order valence-electron chi connectivity index (χ4n) is 1.95. The van der Waals surface area contributed by atoms with Crippen LogP contribution in [0, 0.1) is 5.82 Å². The van der Waals surface area contributed by atoms with Crippen LogP contribution < -0.4 is 10.8 Å². The van der Waals surface area contributed by atoms with Gasteiger partial charge in [0.2, 0.25) is 0 Å². The summed E-state index contributed by atoms with van der Waals surface area (Å²) in [5, 5.41) is 20.8. The zero-order chi connectivity index (χ0) is 16.1. The molecule has 2 aromatic rings. The van der Waals surface area contributed by atoms with E-state index in [0.29, 0.717) is 12.3 Å². The van der Waals surface area contributed by atoms with E-state index in [2.05, 4.69) is 5.32 Å². The van der Waals surface area contributed by atoms with Crippen LogP contribution >= 0.6 is 0 Å². The fraction of sp³-hybridized carbons (Fsp3) is 0.133. The second kappa shape index (κ2) is 7.17. The van der Waals surface area contributed by atoms with E-state index in [1.54, 1.807) is 31.4 Å². The maximum Gasteiger partial charge on any atom is 0.488 e. The van der Waals surface area contributed by atoms with Crippen molar-refractivity contribution in [3.8, 4) is 0 Å². The Labute approximate surface area is 127 Å². The van der Waals surface area contributed by atoms with Gasteiger partial charge in [0.1, 0.15) is 5.82 Å². The third-order valence-electron chi connectivity index (χ3n) is 3.00. The number of amides is 1. The van der Waals surface area contributed by atoms with Gasteiger partial charge in [0.25, 0.3) is 5.91 Å². The number of hydrogen-bond donors (Lipinski definition) is 3. The number of carbonyl (C=O) groups is 1. The van der Waals surface area contributed by atoms with Crippen molar-refractivity contribution in [3.05, 3.63) is 59.4 Å². The number of methoxy groups -OCH3 is 1. The van der Waals surface area contributed by atoms with Crippen LogP contribution in [0.25, 0.3) is 0 Å². The van der Waals surface area contributed by atoms with E-state index in [0.717, 1.165) is 17.7 Å². The number of rotatable bonds is 5. The molecule has 0 atom stereocenters. The van der Waals surface area contributed by atoms with Crippen LogP contribution in [0.4, 0.5) is 10.1 Å². The lowest BCUT2D eigenvalue weighted by molar-refractivity contribution is 0.102. The molecule has 3 N–H and O–H groups in total.